The Kier molecular flexibility index (Phi) is 5.34. The highest BCUT2D eigenvalue weighted by molar-refractivity contribution is 5.51. The summed E-state index contributed by atoms with van der Waals surface area (Å²) >= 11 is 0. The predicted molar refractivity (Wildman–Crippen MR) is 105 cm³/mol. The van der Waals surface area contributed by atoms with Crippen LogP contribution in [0.15, 0.2) is 36.4 Å². The van der Waals surface area contributed by atoms with E-state index in [1.165, 1.54) is 24.8 Å². The third-order valence-electron chi connectivity index (χ3n) is 5.45. The second-order valence-corrected chi connectivity index (χ2v) is 7.35. The molecule has 2 aliphatic rings. The Morgan fingerprint density at radius 2 is 1.54 bits per heavy atom. The fraction of sp³-hybridized carbons (Fsp3) is 0.524. The fourth-order valence-electron chi connectivity index (χ4n) is 3.97. The van der Waals surface area contributed by atoms with Crippen LogP contribution >= 0.6 is 0 Å². The van der Waals surface area contributed by atoms with Crippen molar-refractivity contribution in [2.75, 3.05) is 49.2 Å². The number of anilines is 2. The Morgan fingerprint density at radius 3 is 2.19 bits per heavy atom. The molecule has 0 N–H and O–H groups in total. The summed E-state index contributed by atoms with van der Waals surface area (Å²) in [5.41, 5.74) is 1.46. The van der Waals surface area contributed by atoms with E-state index in [-0.39, 0.29) is 0 Å². The summed E-state index contributed by atoms with van der Waals surface area (Å²) in [7, 11) is 0. The maximum absolute atomic E-state index is 5.46. The minimum atomic E-state index is 0.773. The number of morpholine rings is 1. The highest BCUT2D eigenvalue weighted by atomic mass is 16.5. The number of hydrogen-bond acceptors (Lipinski definition) is 5. The van der Waals surface area contributed by atoms with Crippen molar-refractivity contribution in [1.82, 2.24) is 9.97 Å². The number of rotatable bonds is 4. The number of hydrogen-bond donors (Lipinski definition) is 0. The molecule has 2 fully saturated rings. The van der Waals surface area contributed by atoms with Gasteiger partial charge in [-0.25, -0.2) is 9.97 Å². The lowest BCUT2D eigenvalue weighted by Crippen LogP contribution is -2.38. The molecule has 0 spiro atoms. The highest BCUT2D eigenvalue weighted by Gasteiger charge is 2.22. The second kappa shape index (κ2) is 8.04. The van der Waals surface area contributed by atoms with Gasteiger partial charge in [0.1, 0.15) is 17.5 Å². The molecule has 4 rings (SSSR count). The van der Waals surface area contributed by atoms with Crippen LogP contribution in [-0.2, 0) is 11.2 Å². The van der Waals surface area contributed by atoms with E-state index in [2.05, 4.69) is 51.2 Å². The van der Waals surface area contributed by atoms with Gasteiger partial charge in [-0.15, -0.1) is 0 Å². The molecule has 1 aromatic heterocycles. The van der Waals surface area contributed by atoms with Gasteiger partial charge in [-0.3, -0.25) is 0 Å². The van der Waals surface area contributed by atoms with Crippen LogP contribution in [0, 0.1) is 12.8 Å². The van der Waals surface area contributed by atoms with Crippen LogP contribution in [0.1, 0.15) is 24.2 Å². The van der Waals surface area contributed by atoms with Crippen molar-refractivity contribution in [3.8, 4) is 0 Å². The molecule has 2 aromatic rings. The standard InChI is InChI=1S/C21H28N4O/c1-17-22-20(16-21(23-17)25-11-13-26-14-12-25)24-9-7-19(8-10-24)15-18-5-3-2-4-6-18/h2-6,16,19H,7-15H2,1H3. The molecule has 0 saturated carbocycles. The molecular formula is C21H28N4O. The third-order valence-corrected chi connectivity index (χ3v) is 5.45. The first-order valence-electron chi connectivity index (χ1n) is 9.75. The van der Waals surface area contributed by atoms with Crippen LogP contribution in [0.2, 0.25) is 0 Å². The van der Waals surface area contributed by atoms with Crippen molar-refractivity contribution in [3.63, 3.8) is 0 Å². The molecular weight excluding hydrogens is 324 g/mol. The predicted octanol–water partition coefficient (Wildman–Crippen LogP) is 3.08. The normalized spacial score (nSPS) is 19.0. The van der Waals surface area contributed by atoms with Crippen LogP contribution in [-0.4, -0.2) is 49.4 Å². The minimum Gasteiger partial charge on any atom is -0.378 e. The van der Waals surface area contributed by atoms with Crippen molar-refractivity contribution in [3.05, 3.63) is 47.8 Å². The zero-order valence-corrected chi connectivity index (χ0v) is 15.6. The Bertz CT molecular complexity index is 707. The third kappa shape index (κ3) is 4.15. The highest BCUT2D eigenvalue weighted by Crippen LogP contribution is 2.27. The van der Waals surface area contributed by atoms with E-state index in [0.717, 1.165) is 62.8 Å². The monoisotopic (exact) mass is 352 g/mol. The van der Waals surface area contributed by atoms with Gasteiger partial charge in [0.25, 0.3) is 0 Å². The molecule has 138 valence electrons. The summed E-state index contributed by atoms with van der Waals surface area (Å²) in [6.45, 7) is 7.54. The van der Waals surface area contributed by atoms with Crippen LogP contribution in [0.4, 0.5) is 11.6 Å². The lowest BCUT2D eigenvalue weighted by atomic mass is 9.90. The van der Waals surface area contributed by atoms with Gasteiger partial charge in [0, 0.05) is 32.2 Å². The number of aromatic nitrogens is 2. The van der Waals surface area contributed by atoms with Gasteiger partial charge in [0.2, 0.25) is 0 Å². The average molecular weight is 352 g/mol. The SMILES string of the molecule is Cc1nc(N2CCOCC2)cc(N2CCC(Cc3ccccc3)CC2)n1. The van der Waals surface area contributed by atoms with Crippen LogP contribution in [0.3, 0.4) is 0 Å². The topological polar surface area (TPSA) is 41.5 Å². The largest absolute Gasteiger partial charge is 0.378 e. The first kappa shape index (κ1) is 17.3. The lowest BCUT2D eigenvalue weighted by Gasteiger charge is -2.34. The van der Waals surface area contributed by atoms with E-state index in [1.807, 2.05) is 6.92 Å². The minimum absolute atomic E-state index is 0.773. The number of ether oxygens (including phenoxy) is 1. The van der Waals surface area contributed by atoms with Gasteiger partial charge in [-0.05, 0) is 37.7 Å². The molecule has 2 aliphatic heterocycles. The summed E-state index contributed by atoms with van der Waals surface area (Å²) in [5.74, 6) is 3.75. The Hall–Kier alpha value is -2.14. The van der Waals surface area contributed by atoms with Gasteiger partial charge < -0.3 is 14.5 Å². The fourth-order valence-corrected chi connectivity index (χ4v) is 3.97. The zero-order chi connectivity index (χ0) is 17.8. The van der Waals surface area contributed by atoms with E-state index in [1.54, 1.807) is 0 Å². The van der Waals surface area contributed by atoms with E-state index in [9.17, 15) is 0 Å². The summed E-state index contributed by atoms with van der Waals surface area (Å²) < 4.78 is 5.46. The average Bonchev–Trinajstić information content (AvgIpc) is 2.70. The molecule has 5 heteroatoms. The van der Waals surface area contributed by atoms with Crippen LogP contribution in [0.5, 0.6) is 0 Å². The maximum atomic E-state index is 5.46. The molecule has 0 amide bonds. The van der Waals surface area contributed by atoms with Gasteiger partial charge >= 0.3 is 0 Å². The molecule has 5 nitrogen and oxygen atoms in total. The molecule has 3 heterocycles. The summed E-state index contributed by atoms with van der Waals surface area (Å²) in [6.07, 6.45) is 3.65. The molecule has 0 aliphatic carbocycles. The first-order valence-corrected chi connectivity index (χ1v) is 9.75. The first-order chi connectivity index (χ1) is 12.8. The van der Waals surface area contributed by atoms with Crippen molar-refractivity contribution in [1.29, 1.82) is 0 Å². The van der Waals surface area contributed by atoms with E-state index >= 15 is 0 Å². The van der Waals surface area contributed by atoms with Gasteiger partial charge in [0.15, 0.2) is 0 Å². The number of nitrogens with zero attached hydrogens (tertiary/aromatic N) is 4. The van der Waals surface area contributed by atoms with E-state index < -0.39 is 0 Å². The summed E-state index contributed by atoms with van der Waals surface area (Å²) in [4.78, 5) is 14.1. The van der Waals surface area contributed by atoms with Gasteiger partial charge in [-0.2, -0.15) is 0 Å². The number of piperidine rings is 1. The van der Waals surface area contributed by atoms with Gasteiger partial charge in [-0.1, -0.05) is 30.3 Å². The van der Waals surface area contributed by atoms with Gasteiger partial charge in [0.05, 0.1) is 13.2 Å². The zero-order valence-electron chi connectivity index (χ0n) is 15.6. The molecule has 0 unspecified atom stereocenters. The number of aryl methyl sites for hydroxylation is 1. The van der Waals surface area contributed by atoms with Crippen molar-refractivity contribution in [2.24, 2.45) is 5.92 Å². The van der Waals surface area contributed by atoms with Crippen LogP contribution in [0.25, 0.3) is 0 Å². The lowest BCUT2D eigenvalue weighted by molar-refractivity contribution is 0.122. The molecule has 2 saturated heterocycles. The Labute approximate surface area is 156 Å². The molecule has 26 heavy (non-hydrogen) atoms. The van der Waals surface area contributed by atoms with Crippen LogP contribution < -0.4 is 9.80 Å². The maximum Gasteiger partial charge on any atom is 0.134 e. The second-order valence-electron chi connectivity index (χ2n) is 7.35. The van der Waals surface area contributed by atoms with Crippen molar-refractivity contribution < 1.29 is 4.74 Å². The molecule has 0 atom stereocenters. The summed E-state index contributed by atoms with van der Waals surface area (Å²) in [6, 6.07) is 13.0. The quantitative estimate of drug-likeness (QED) is 0.846. The molecule has 1 aromatic carbocycles. The van der Waals surface area contributed by atoms with Crippen molar-refractivity contribution >= 4 is 11.6 Å². The molecule has 0 bridgehead atoms. The molecule has 0 radical (unpaired) electrons. The van der Waals surface area contributed by atoms with E-state index in [4.69, 9.17) is 9.72 Å². The Morgan fingerprint density at radius 1 is 0.923 bits per heavy atom. The number of benzene rings is 1. The van der Waals surface area contributed by atoms with Crippen molar-refractivity contribution in [2.45, 2.75) is 26.2 Å². The Balaban J connectivity index is 1.40. The van der Waals surface area contributed by atoms with E-state index in [0.29, 0.717) is 0 Å². The smallest absolute Gasteiger partial charge is 0.134 e. The summed E-state index contributed by atoms with van der Waals surface area (Å²) in [5, 5.41) is 0.